The molecule has 0 unspecified atom stereocenters. The van der Waals surface area contributed by atoms with Crippen molar-refractivity contribution in [3.63, 3.8) is 0 Å². The van der Waals surface area contributed by atoms with E-state index >= 15 is 0 Å². The number of esters is 1. The van der Waals surface area contributed by atoms with Crippen molar-refractivity contribution in [1.82, 2.24) is 4.90 Å². The van der Waals surface area contributed by atoms with Gasteiger partial charge >= 0.3 is 5.97 Å². The van der Waals surface area contributed by atoms with Gasteiger partial charge in [-0.15, -0.1) is 0 Å². The third kappa shape index (κ3) is 3.52. The number of nitrogens with zero attached hydrogens (tertiary/aromatic N) is 1. The lowest BCUT2D eigenvalue weighted by Gasteiger charge is -2.12. The summed E-state index contributed by atoms with van der Waals surface area (Å²) in [7, 11) is 1.53. The number of ether oxygens (including phenoxy) is 2. The summed E-state index contributed by atoms with van der Waals surface area (Å²) in [5.41, 5.74) is 1.30. The van der Waals surface area contributed by atoms with Crippen molar-refractivity contribution in [3.05, 3.63) is 69.7 Å². The van der Waals surface area contributed by atoms with Crippen LogP contribution in [0.2, 0.25) is 0 Å². The summed E-state index contributed by atoms with van der Waals surface area (Å²) in [6, 6.07) is 11.8. The minimum absolute atomic E-state index is 0.308. The molecule has 0 aromatic heterocycles. The Hall–Kier alpha value is -2.93. The molecule has 0 saturated carbocycles. The highest BCUT2D eigenvalue weighted by atomic mass is 79.9. The average Bonchev–Trinajstić information content (AvgIpc) is 2.89. The second kappa shape index (κ2) is 7.53. The Kier molecular flexibility index (Phi) is 5.18. The largest absolute Gasteiger partial charge is 0.496 e. The molecule has 0 spiro atoms. The van der Waals surface area contributed by atoms with E-state index in [1.54, 1.807) is 36.4 Å². The van der Waals surface area contributed by atoms with Gasteiger partial charge in [-0.05, 0) is 36.4 Å². The monoisotopic (exact) mass is 415 g/mol. The highest BCUT2D eigenvalue weighted by Gasteiger charge is 2.35. The molecule has 0 atom stereocenters. The van der Waals surface area contributed by atoms with Crippen molar-refractivity contribution in [2.75, 3.05) is 13.8 Å². The maximum Gasteiger partial charge on any atom is 0.332 e. The number of imide groups is 1. The molecule has 132 valence electrons. The molecule has 0 saturated heterocycles. The number of carbonyl (C=O) groups is 3. The van der Waals surface area contributed by atoms with E-state index < -0.39 is 24.5 Å². The Balaban J connectivity index is 1.64. The van der Waals surface area contributed by atoms with Crippen molar-refractivity contribution in [2.45, 2.75) is 0 Å². The van der Waals surface area contributed by atoms with Crippen LogP contribution in [0.5, 0.6) is 5.75 Å². The third-order valence-electron chi connectivity index (χ3n) is 3.80. The van der Waals surface area contributed by atoms with Crippen LogP contribution in [0.15, 0.2) is 53.0 Å². The van der Waals surface area contributed by atoms with Gasteiger partial charge in [0.1, 0.15) is 5.75 Å². The topological polar surface area (TPSA) is 72.9 Å². The molecule has 2 amide bonds. The van der Waals surface area contributed by atoms with Gasteiger partial charge in [-0.2, -0.15) is 0 Å². The molecule has 0 bridgehead atoms. The van der Waals surface area contributed by atoms with Gasteiger partial charge in [-0.3, -0.25) is 9.59 Å². The molecule has 1 aliphatic heterocycles. The summed E-state index contributed by atoms with van der Waals surface area (Å²) in [6.45, 7) is -0.439. The number of benzene rings is 2. The smallest absolute Gasteiger partial charge is 0.332 e. The molecule has 7 heteroatoms. The van der Waals surface area contributed by atoms with Crippen molar-refractivity contribution in [3.8, 4) is 5.75 Å². The van der Waals surface area contributed by atoms with Gasteiger partial charge in [0.25, 0.3) is 11.8 Å². The van der Waals surface area contributed by atoms with Crippen LogP contribution >= 0.6 is 15.9 Å². The summed E-state index contributed by atoms with van der Waals surface area (Å²) >= 11 is 3.35. The molecule has 2 aromatic rings. The zero-order valence-corrected chi connectivity index (χ0v) is 15.4. The van der Waals surface area contributed by atoms with Gasteiger partial charge < -0.3 is 9.47 Å². The SMILES string of the molecule is COc1ccc(Br)cc1C=CC(=O)OCN1C(=O)c2ccccc2C1=O. The normalized spacial score (nSPS) is 13.2. The van der Waals surface area contributed by atoms with Gasteiger partial charge in [0, 0.05) is 16.1 Å². The predicted molar refractivity (Wildman–Crippen MR) is 97.6 cm³/mol. The van der Waals surface area contributed by atoms with E-state index in [1.165, 1.54) is 19.3 Å². The van der Waals surface area contributed by atoms with Crippen molar-refractivity contribution in [2.24, 2.45) is 0 Å². The summed E-state index contributed by atoms with van der Waals surface area (Å²) in [5, 5.41) is 0. The van der Waals surface area contributed by atoms with Gasteiger partial charge in [0.15, 0.2) is 6.73 Å². The zero-order valence-electron chi connectivity index (χ0n) is 13.8. The van der Waals surface area contributed by atoms with E-state index in [4.69, 9.17) is 9.47 Å². The molecule has 1 aliphatic rings. The molecule has 6 nitrogen and oxygen atoms in total. The fraction of sp³-hybridized carbons (Fsp3) is 0.105. The minimum Gasteiger partial charge on any atom is -0.496 e. The van der Waals surface area contributed by atoms with E-state index in [2.05, 4.69) is 15.9 Å². The molecular formula is C19H14BrNO5. The maximum atomic E-state index is 12.2. The Morgan fingerprint density at radius 2 is 1.77 bits per heavy atom. The van der Waals surface area contributed by atoms with Gasteiger partial charge in [-0.25, -0.2) is 9.69 Å². The molecule has 0 fully saturated rings. The number of carbonyl (C=O) groups excluding carboxylic acids is 3. The highest BCUT2D eigenvalue weighted by molar-refractivity contribution is 9.10. The predicted octanol–water partition coefficient (Wildman–Crippen LogP) is 3.27. The molecule has 2 aromatic carbocycles. The van der Waals surface area contributed by atoms with Crippen molar-refractivity contribution < 1.29 is 23.9 Å². The van der Waals surface area contributed by atoms with Crippen LogP contribution < -0.4 is 4.74 Å². The second-order valence-corrected chi connectivity index (χ2v) is 6.31. The lowest BCUT2D eigenvalue weighted by molar-refractivity contribution is -0.140. The summed E-state index contributed by atoms with van der Waals surface area (Å²) in [5.74, 6) is -1.03. The summed E-state index contributed by atoms with van der Waals surface area (Å²) < 4.78 is 11.1. The Labute approximate surface area is 158 Å². The summed E-state index contributed by atoms with van der Waals surface area (Å²) in [6.07, 6.45) is 2.75. The molecule has 0 aliphatic carbocycles. The molecule has 1 heterocycles. The van der Waals surface area contributed by atoms with Crippen molar-refractivity contribution in [1.29, 1.82) is 0 Å². The first-order valence-corrected chi connectivity index (χ1v) is 8.44. The Bertz CT molecular complexity index is 887. The van der Waals surface area contributed by atoms with Crippen LogP contribution in [0.4, 0.5) is 0 Å². The van der Waals surface area contributed by atoms with Crippen molar-refractivity contribution >= 4 is 39.8 Å². The fourth-order valence-corrected chi connectivity index (χ4v) is 2.90. The van der Waals surface area contributed by atoms with Crippen LogP contribution in [0.1, 0.15) is 26.3 Å². The second-order valence-electron chi connectivity index (χ2n) is 5.40. The Morgan fingerprint density at radius 1 is 1.12 bits per heavy atom. The van der Waals surface area contributed by atoms with E-state index in [0.717, 1.165) is 9.37 Å². The fourth-order valence-electron chi connectivity index (χ4n) is 2.53. The van der Waals surface area contributed by atoms with E-state index in [1.807, 2.05) is 6.07 Å². The first-order chi connectivity index (χ1) is 12.5. The van der Waals surface area contributed by atoms with Crippen LogP contribution in [0.25, 0.3) is 6.08 Å². The molecular weight excluding hydrogens is 402 g/mol. The van der Waals surface area contributed by atoms with Crippen LogP contribution in [-0.4, -0.2) is 36.5 Å². The lowest BCUT2D eigenvalue weighted by Crippen LogP contribution is -2.32. The van der Waals surface area contributed by atoms with Gasteiger partial charge in [-0.1, -0.05) is 28.1 Å². The number of hydrogen-bond acceptors (Lipinski definition) is 5. The van der Waals surface area contributed by atoms with Crippen LogP contribution in [0, 0.1) is 0 Å². The first kappa shape index (κ1) is 17.9. The van der Waals surface area contributed by atoms with Crippen LogP contribution in [0.3, 0.4) is 0 Å². The number of halogens is 1. The van der Waals surface area contributed by atoms with Gasteiger partial charge in [0.2, 0.25) is 0 Å². The molecule has 0 N–H and O–H groups in total. The maximum absolute atomic E-state index is 12.2. The number of hydrogen-bond donors (Lipinski definition) is 0. The zero-order chi connectivity index (χ0) is 18.7. The quantitative estimate of drug-likeness (QED) is 0.425. The van der Waals surface area contributed by atoms with E-state index in [9.17, 15) is 14.4 Å². The number of methoxy groups -OCH3 is 1. The first-order valence-electron chi connectivity index (χ1n) is 7.65. The number of rotatable bonds is 5. The molecule has 0 radical (unpaired) electrons. The Morgan fingerprint density at radius 3 is 2.38 bits per heavy atom. The average molecular weight is 416 g/mol. The summed E-state index contributed by atoms with van der Waals surface area (Å²) in [4.78, 5) is 37.2. The van der Waals surface area contributed by atoms with E-state index in [0.29, 0.717) is 22.4 Å². The van der Waals surface area contributed by atoms with E-state index in [-0.39, 0.29) is 0 Å². The standard InChI is InChI=1S/C19H14BrNO5/c1-25-16-8-7-13(20)10-12(16)6-9-17(22)26-11-21-18(23)14-4-2-3-5-15(14)19(21)24/h2-10H,11H2,1H3. The van der Waals surface area contributed by atoms with Gasteiger partial charge in [0.05, 0.1) is 18.2 Å². The number of fused-ring (bicyclic) bond motifs is 1. The number of amides is 2. The lowest BCUT2D eigenvalue weighted by atomic mass is 10.1. The molecule has 26 heavy (non-hydrogen) atoms. The third-order valence-corrected chi connectivity index (χ3v) is 4.30. The highest BCUT2D eigenvalue weighted by Crippen LogP contribution is 2.24. The minimum atomic E-state index is -0.677. The molecule has 3 rings (SSSR count). The van der Waals surface area contributed by atoms with Crippen LogP contribution in [-0.2, 0) is 9.53 Å².